The Balaban J connectivity index is 1.99. The fourth-order valence-electron chi connectivity index (χ4n) is 1.05. The highest BCUT2D eigenvalue weighted by Crippen LogP contribution is 2.24. The average Bonchev–Trinajstić information content (AvgIpc) is 2.62. The maximum Gasteiger partial charge on any atom is 0.242 e. The van der Waals surface area contributed by atoms with Gasteiger partial charge in [-0.1, -0.05) is 17.7 Å². The predicted octanol–water partition coefficient (Wildman–Crippen LogP) is 3.40. The van der Waals surface area contributed by atoms with E-state index in [1.165, 1.54) is 0 Å². The summed E-state index contributed by atoms with van der Waals surface area (Å²) in [5.74, 6) is 1.45. The van der Waals surface area contributed by atoms with Gasteiger partial charge in [-0.2, -0.15) is 0 Å². The molecule has 0 aliphatic rings. The number of hydrogen-bond donors (Lipinski definition) is 1. The van der Waals surface area contributed by atoms with Crippen LogP contribution in [0.1, 0.15) is 5.82 Å². The first kappa shape index (κ1) is 10.8. The Morgan fingerprint density at radius 2 is 2.20 bits per heavy atom. The molecule has 78 valence electrons. The molecule has 3 nitrogen and oxygen atoms in total. The van der Waals surface area contributed by atoms with Crippen molar-refractivity contribution in [1.29, 1.82) is 0 Å². The molecule has 0 unspecified atom stereocenters. The largest absolute Gasteiger partial charge is 0.261 e. The number of nitrogens with one attached hydrogen (secondary N) is 1. The van der Waals surface area contributed by atoms with Crippen LogP contribution in [0.2, 0.25) is 10.3 Å². The van der Waals surface area contributed by atoms with Crippen LogP contribution < -0.4 is 0 Å². The van der Waals surface area contributed by atoms with Gasteiger partial charge in [-0.25, -0.2) is 4.98 Å². The third-order valence-corrected chi connectivity index (χ3v) is 3.09. The first-order valence-corrected chi connectivity index (χ1v) is 5.93. The van der Waals surface area contributed by atoms with Crippen molar-refractivity contribution < 1.29 is 0 Å². The van der Waals surface area contributed by atoms with E-state index in [1.807, 2.05) is 24.3 Å². The molecule has 6 heteroatoms. The number of hydrogen-bond acceptors (Lipinski definition) is 3. The normalized spacial score (nSPS) is 10.5. The highest BCUT2D eigenvalue weighted by Gasteiger charge is 2.01. The summed E-state index contributed by atoms with van der Waals surface area (Å²) in [6.07, 6.45) is 0. The monoisotopic (exact) mass is 259 g/mol. The standard InChI is InChI=1S/C9H7Cl2N3S/c10-6-2-1-3-7(4-6)15-5-8-12-9(11)14-13-8/h1-4H,5H2,(H,12,13,14). The Kier molecular flexibility index (Phi) is 3.51. The second-order valence-electron chi connectivity index (χ2n) is 2.80. The van der Waals surface area contributed by atoms with Crippen LogP contribution in [0.25, 0.3) is 0 Å². The molecule has 0 spiro atoms. The molecule has 0 aliphatic carbocycles. The number of H-pyrrole nitrogens is 1. The highest BCUT2D eigenvalue weighted by molar-refractivity contribution is 7.98. The van der Waals surface area contributed by atoms with E-state index in [2.05, 4.69) is 15.2 Å². The number of aromatic nitrogens is 3. The van der Waals surface area contributed by atoms with Gasteiger partial charge in [-0.05, 0) is 29.8 Å². The molecule has 0 radical (unpaired) electrons. The minimum atomic E-state index is 0.247. The Hall–Kier alpha value is -0.710. The zero-order valence-electron chi connectivity index (χ0n) is 7.58. The second kappa shape index (κ2) is 4.88. The van der Waals surface area contributed by atoms with Crippen LogP contribution in [-0.2, 0) is 5.75 Å². The van der Waals surface area contributed by atoms with Crippen molar-refractivity contribution in [3.05, 3.63) is 40.4 Å². The van der Waals surface area contributed by atoms with Crippen molar-refractivity contribution in [3.8, 4) is 0 Å². The lowest BCUT2D eigenvalue weighted by atomic mass is 10.4. The number of rotatable bonds is 3. The number of aromatic amines is 1. The third-order valence-electron chi connectivity index (χ3n) is 1.68. The molecule has 1 heterocycles. The molecule has 0 atom stereocenters. The minimum Gasteiger partial charge on any atom is -0.261 e. The van der Waals surface area contributed by atoms with Crippen LogP contribution in [0, 0.1) is 0 Å². The average molecular weight is 260 g/mol. The molecule has 2 rings (SSSR count). The SMILES string of the molecule is Clc1cccc(SCc2nc(Cl)n[nH]2)c1. The van der Waals surface area contributed by atoms with Crippen LogP contribution in [0.4, 0.5) is 0 Å². The summed E-state index contributed by atoms with van der Waals surface area (Å²) >= 11 is 13.1. The van der Waals surface area contributed by atoms with Gasteiger partial charge in [0.15, 0.2) is 0 Å². The molecule has 1 N–H and O–H groups in total. The molecule has 0 saturated heterocycles. The number of halogens is 2. The Morgan fingerprint density at radius 3 is 2.87 bits per heavy atom. The number of thioether (sulfide) groups is 1. The summed E-state index contributed by atoms with van der Waals surface area (Å²) in [5.41, 5.74) is 0. The molecule has 0 saturated carbocycles. The van der Waals surface area contributed by atoms with E-state index in [1.54, 1.807) is 11.8 Å². The van der Waals surface area contributed by atoms with Gasteiger partial charge in [0.05, 0.1) is 5.75 Å². The van der Waals surface area contributed by atoms with Gasteiger partial charge < -0.3 is 0 Å². The molecule has 1 aromatic carbocycles. The molecule has 0 fully saturated rings. The Labute approximate surface area is 101 Å². The van der Waals surface area contributed by atoms with Gasteiger partial charge in [0.25, 0.3) is 0 Å². The van der Waals surface area contributed by atoms with Crippen LogP contribution in [0.5, 0.6) is 0 Å². The summed E-state index contributed by atoms with van der Waals surface area (Å²) in [5, 5.41) is 7.46. The Morgan fingerprint density at radius 1 is 1.33 bits per heavy atom. The van der Waals surface area contributed by atoms with Crippen LogP contribution >= 0.6 is 35.0 Å². The second-order valence-corrected chi connectivity index (χ2v) is 4.62. The fraction of sp³-hybridized carbons (Fsp3) is 0.111. The van der Waals surface area contributed by atoms with Crippen molar-refractivity contribution >= 4 is 35.0 Å². The summed E-state index contributed by atoms with van der Waals surface area (Å²) in [4.78, 5) is 5.09. The summed E-state index contributed by atoms with van der Waals surface area (Å²) in [6, 6.07) is 7.66. The van der Waals surface area contributed by atoms with Gasteiger partial charge in [-0.3, -0.25) is 5.10 Å². The van der Waals surface area contributed by atoms with Gasteiger partial charge in [0, 0.05) is 9.92 Å². The quantitative estimate of drug-likeness (QED) is 0.860. The van der Waals surface area contributed by atoms with E-state index >= 15 is 0 Å². The van der Waals surface area contributed by atoms with Gasteiger partial charge >= 0.3 is 0 Å². The number of nitrogens with zero attached hydrogens (tertiary/aromatic N) is 2. The molecule has 0 bridgehead atoms. The Bertz CT molecular complexity index is 458. The smallest absolute Gasteiger partial charge is 0.242 e. The molecule has 0 aliphatic heterocycles. The van der Waals surface area contributed by atoms with E-state index in [9.17, 15) is 0 Å². The van der Waals surface area contributed by atoms with Crippen molar-refractivity contribution in [1.82, 2.24) is 15.2 Å². The first-order chi connectivity index (χ1) is 7.24. The molecule has 2 aromatic rings. The fourth-order valence-corrected chi connectivity index (χ4v) is 2.26. The lowest BCUT2D eigenvalue weighted by Crippen LogP contribution is -1.83. The van der Waals surface area contributed by atoms with Crippen molar-refractivity contribution in [2.75, 3.05) is 0 Å². The molecular formula is C9H7Cl2N3S. The van der Waals surface area contributed by atoms with Gasteiger partial charge in [-0.15, -0.1) is 16.9 Å². The molecule has 1 aromatic heterocycles. The minimum absolute atomic E-state index is 0.247. The van der Waals surface area contributed by atoms with Crippen LogP contribution in [0.15, 0.2) is 29.2 Å². The molecular weight excluding hydrogens is 253 g/mol. The molecule has 0 amide bonds. The topological polar surface area (TPSA) is 41.6 Å². The highest BCUT2D eigenvalue weighted by atomic mass is 35.5. The van der Waals surface area contributed by atoms with E-state index in [0.717, 1.165) is 15.7 Å². The third kappa shape index (κ3) is 3.12. The van der Waals surface area contributed by atoms with E-state index in [0.29, 0.717) is 5.75 Å². The molecule has 15 heavy (non-hydrogen) atoms. The lowest BCUT2D eigenvalue weighted by Gasteiger charge is -1.98. The maximum atomic E-state index is 5.86. The number of benzene rings is 1. The van der Waals surface area contributed by atoms with Crippen molar-refractivity contribution in [3.63, 3.8) is 0 Å². The van der Waals surface area contributed by atoms with Crippen molar-refractivity contribution in [2.45, 2.75) is 10.6 Å². The van der Waals surface area contributed by atoms with E-state index < -0.39 is 0 Å². The van der Waals surface area contributed by atoms with Gasteiger partial charge in [0.1, 0.15) is 5.82 Å². The summed E-state index contributed by atoms with van der Waals surface area (Å²) < 4.78 is 0. The van der Waals surface area contributed by atoms with Gasteiger partial charge in [0.2, 0.25) is 5.28 Å². The van der Waals surface area contributed by atoms with Crippen LogP contribution in [0.3, 0.4) is 0 Å². The summed E-state index contributed by atoms with van der Waals surface area (Å²) in [6.45, 7) is 0. The van der Waals surface area contributed by atoms with Crippen LogP contribution in [-0.4, -0.2) is 15.2 Å². The van der Waals surface area contributed by atoms with E-state index in [-0.39, 0.29) is 5.28 Å². The zero-order valence-corrected chi connectivity index (χ0v) is 9.90. The lowest BCUT2D eigenvalue weighted by molar-refractivity contribution is 1.02. The first-order valence-electron chi connectivity index (χ1n) is 4.19. The van der Waals surface area contributed by atoms with Crippen molar-refractivity contribution in [2.24, 2.45) is 0 Å². The van der Waals surface area contributed by atoms with E-state index in [4.69, 9.17) is 23.2 Å². The zero-order chi connectivity index (χ0) is 10.7. The predicted molar refractivity (Wildman–Crippen MR) is 62.4 cm³/mol. The maximum absolute atomic E-state index is 5.86. The summed E-state index contributed by atoms with van der Waals surface area (Å²) in [7, 11) is 0.